The van der Waals surface area contributed by atoms with Crippen LogP contribution in [0.15, 0.2) is 0 Å². The van der Waals surface area contributed by atoms with Gasteiger partial charge >= 0.3 is 0 Å². The van der Waals surface area contributed by atoms with Gasteiger partial charge in [0.05, 0.1) is 0 Å². The zero-order chi connectivity index (χ0) is 31.6. The first-order chi connectivity index (χ1) is 22.1. The Morgan fingerprint density at radius 2 is 0.378 bits per heavy atom. The lowest BCUT2D eigenvalue weighted by atomic mass is 9.37. The van der Waals surface area contributed by atoms with E-state index in [-0.39, 0.29) is 0 Å². The van der Waals surface area contributed by atoms with Crippen LogP contribution in [0.2, 0.25) is 0 Å². The highest BCUT2D eigenvalue weighted by Gasteiger charge is 2.88. The summed E-state index contributed by atoms with van der Waals surface area (Å²) in [4.78, 5) is 0. The van der Waals surface area contributed by atoms with E-state index in [0.29, 0.717) is 27.1 Å². The molecule has 0 aliphatic heterocycles. The van der Waals surface area contributed by atoms with Crippen molar-refractivity contribution in [1.82, 2.24) is 0 Å². The first kappa shape index (κ1) is 34.8. The van der Waals surface area contributed by atoms with E-state index in [1.54, 1.807) is 64.2 Å². The van der Waals surface area contributed by atoms with Gasteiger partial charge in [-0.1, -0.05) is 131 Å². The Morgan fingerprint density at radius 1 is 0.244 bits per heavy atom. The molecule has 0 spiro atoms. The molecule has 0 heterocycles. The quantitative estimate of drug-likeness (QED) is 0.228. The first-order valence-corrected chi connectivity index (χ1v) is 22.1. The van der Waals surface area contributed by atoms with Crippen molar-refractivity contribution in [3.05, 3.63) is 0 Å². The molecule has 0 radical (unpaired) electrons. The van der Waals surface area contributed by atoms with Crippen molar-refractivity contribution >= 4 is 0 Å². The maximum Gasteiger partial charge on any atom is -0.0142 e. The summed E-state index contributed by atoms with van der Waals surface area (Å²) in [7, 11) is 0. The van der Waals surface area contributed by atoms with Gasteiger partial charge in [-0.2, -0.15) is 0 Å². The third-order valence-electron chi connectivity index (χ3n) is 18.3. The minimum atomic E-state index is 0.523. The topological polar surface area (TPSA) is 0 Å². The Balaban J connectivity index is 1.79. The predicted octanol–water partition coefficient (Wildman–Crippen LogP) is 14.9. The Labute approximate surface area is 283 Å². The van der Waals surface area contributed by atoms with Gasteiger partial charge in [0.1, 0.15) is 0 Å². The second kappa shape index (κ2) is 14.5. The lowest BCUT2D eigenvalue weighted by molar-refractivity contribution is -0.195. The average molecular weight is 621 g/mol. The molecule has 0 aromatic heterocycles. The summed E-state index contributed by atoms with van der Waals surface area (Å²) in [5, 5.41) is 0. The maximum absolute atomic E-state index is 2.84. The predicted molar refractivity (Wildman–Crippen MR) is 196 cm³/mol. The molecule has 0 heteroatoms. The Bertz CT molecular complexity index is 710. The van der Waals surface area contributed by atoms with Gasteiger partial charge < -0.3 is 0 Å². The van der Waals surface area contributed by atoms with Crippen LogP contribution in [0.25, 0.3) is 0 Å². The molecule has 6 saturated carbocycles. The highest BCUT2D eigenvalue weighted by Crippen LogP contribution is 2.93. The molecule has 0 aromatic rings. The fourth-order valence-electron chi connectivity index (χ4n) is 18.2. The van der Waals surface area contributed by atoms with Gasteiger partial charge in [-0.15, -0.1) is 0 Å². The van der Waals surface area contributed by atoms with Crippen molar-refractivity contribution in [3.8, 4) is 0 Å². The molecule has 0 aromatic carbocycles. The molecule has 0 unspecified atom stereocenters. The van der Waals surface area contributed by atoms with Crippen LogP contribution < -0.4 is 0 Å². The standard InChI is InChI=1S/C45H80/c1-6-41(36-26-16-11-17-27-36)42(7-2,37-28-18-12-19-29-37)44(9-4,39-32-22-14-23-33-39)45(10-5,40-34-24-15-25-35-40)43(41,8-3)38-30-20-13-21-31-38/h36-40H,6-35H2,1-5H3. The SMILES string of the molecule is CCC1(C2CCCCC2)C(CC)(C2CCCCC2)C(CC)(C2CCCCC2)C(CC)(C2CCCCC2)C1(CC)C1CCCCC1. The van der Waals surface area contributed by atoms with Crippen molar-refractivity contribution < 1.29 is 0 Å². The van der Waals surface area contributed by atoms with E-state index in [9.17, 15) is 0 Å². The molecular formula is C45H80. The van der Waals surface area contributed by atoms with Crippen molar-refractivity contribution in [1.29, 1.82) is 0 Å². The van der Waals surface area contributed by atoms with Crippen LogP contribution in [0, 0.1) is 56.7 Å². The third-order valence-corrected chi connectivity index (χ3v) is 18.3. The van der Waals surface area contributed by atoms with E-state index in [1.165, 1.54) is 128 Å². The Morgan fingerprint density at radius 3 is 0.489 bits per heavy atom. The van der Waals surface area contributed by atoms with Crippen LogP contribution in [0.5, 0.6) is 0 Å². The second-order valence-electron chi connectivity index (χ2n) is 18.3. The smallest absolute Gasteiger partial charge is 0.0142 e. The lowest BCUT2D eigenvalue weighted by Crippen LogP contribution is -2.61. The van der Waals surface area contributed by atoms with E-state index in [1.807, 2.05) is 0 Å². The molecule has 0 N–H and O–H groups in total. The number of rotatable bonds is 10. The first-order valence-electron chi connectivity index (χ1n) is 22.1. The zero-order valence-electron chi connectivity index (χ0n) is 31.6. The van der Waals surface area contributed by atoms with Crippen molar-refractivity contribution in [2.24, 2.45) is 56.7 Å². The van der Waals surface area contributed by atoms with Gasteiger partial charge in [0.2, 0.25) is 0 Å². The van der Waals surface area contributed by atoms with Crippen LogP contribution in [-0.2, 0) is 0 Å². The summed E-state index contributed by atoms with van der Waals surface area (Å²) in [5.74, 6) is 4.89. The van der Waals surface area contributed by atoms with Crippen LogP contribution >= 0.6 is 0 Å². The fourth-order valence-corrected chi connectivity index (χ4v) is 18.2. The van der Waals surface area contributed by atoms with Gasteiger partial charge in [-0.05, 0) is 153 Å². The van der Waals surface area contributed by atoms with E-state index in [0.717, 1.165) is 29.6 Å². The highest BCUT2D eigenvalue weighted by atomic mass is 14.9. The molecule has 0 atom stereocenters. The molecule has 6 aliphatic carbocycles. The van der Waals surface area contributed by atoms with Crippen LogP contribution in [0.1, 0.15) is 227 Å². The van der Waals surface area contributed by atoms with Gasteiger partial charge in [-0.3, -0.25) is 0 Å². The Kier molecular flexibility index (Phi) is 11.2. The van der Waals surface area contributed by atoms with Crippen LogP contribution in [0.4, 0.5) is 0 Å². The molecular weight excluding hydrogens is 540 g/mol. The molecule has 0 bridgehead atoms. The summed E-state index contributed by atoms with van der Waals surface area (Å²) >= 11 is 0. The number of hydrogen-bond acceptors (Lipinski definition) is 0. The molecule has 6 aliphatic rings. The lowest BCUT2D eigenvalue weighted by Gasteiger charge is -2.67. The van der Waals surface area contributed by atoms with E-state index >= 15 is 0 Å². The monoisotopic (exact) mass is 621 g/mol. The van der Waals surface area contributed by atoms with Gasteiger partial charge in [0, 0.05) is 0 Å². The summed E-state index contributed by atoms with van der Waals surface area (Å²) in [6, 6.07) is 0. The zero-order valence-corrected chi connectivity index (χ0v) is 31.6. The number of hydrogen-bond donors (Lipinski definition) is 0. The highest BCUT2D eigenvalue weighted by molar-refractivity contribution is 5.35. The summed E-state index contributed by atoms with van der Waals surface area (Å²) in [6.07, 6.45) is 46.2. The normalized spacial score (nSPS) is 42.3. The van der Waals surface area contributed by atoms with Crippen LogP contribution in [0.3, 0.4) is 0 Å². The average Bonchev–Trinajstić information content (AvgIpc) is 3.32. The van der Waals surface area contributed by atoms with Crippen molar-refractivity contribution in [2.75, 3.05) is 0 Å². The molecule has 0 saturated heterocycles. The summed E-state index contributed by atoms with van der Waals surface area (Å²) < 4.78 is 0. The fraction of sp³-hybridized carbons (Fsp3) is 1.00. The second-order valence-corrected chi connectivity index (χ2v) is 18.3. The third kappa shape index (κ3) is 4.59. The molecule has 45 heavy (non-hydrogen) atoms. The van der Waals surface area contributed by atoms with Crippen molar-refractivity contribution in [2.45, 2.75) is 227 Å². The minimum Gasteiger partial charge on any atom is -0.0648 e. The van der Waals surface area contributed by atoms with E-state index in [2.05, 4.69) is 34.6 Å². The summed E-state index contributed by atoms with van der Waals surface area (Å²) in [5.41, 5.74) is 2.61. The maximum atomic E-state index is 2.84. The minimum absolute atomic E-state index is 0.523. The molecule has 0 nitrogen and oxygen atoms in total. The van der Waals surface area contributed by atoms with Crippen molar-refractivity contribution in [3.63, 3.8) is 0 Å². The molecule has 0 amide bonds. The van der Waals surface area contributed by atoms with E-state index in [4.69, 9.17) is 0 Å². The van der Waals surface area contributed by atoms with Gasteiger partial charge in [0.25, 0.3) is 0 Å². The van der Waals surface area contributed by atoms with Gasteiger partial charge in [-0.25, -0.2) is 0 Å². The Hall–Kier alpha value is 0. The molecule has 260 valence electrons. The molecule has 6 fully saturated rings. The summed E-state index contributed by atoms with van der Waals surface area (Å²) in [6.45, 7) is 14.2. The molecule has 6 rings (SSSR count). The largest absolute Gasteiger partial charge is 0.0648 e. The van der Waals surface area contributed by atoms with E-state index < -0.39 is 0 Å². The van der Waals surface area contributed by atoms with Crippen LogP contribution in [-0.4, -0.2) is 0 Å². The van der Waals surface area contributed by atoms with Gasteiger partial charge in [0.15, 0.2) is 0 Å².